The number of rotatable bonds is 0. The Bertz CT molecular complexity index is 231. The smallest absolute Gasteiger partial charge is 0.0492 e. The highest BCUT2D eigenvalue weighted by atomic mass is 127. The molecule has 1 aromatic heterocycles. The summed E-state index contributed by atoms with van der Waals surface area (Å²) in [6.45, 7) is 1.11. The molecule has 0 amide bonds. The SMILES string of the molecule is IC1CCn2nccc2C1. The van der Waals surface area contributed by atoms with Crippen LogP contribution in [0.5, 0.6) is 0 Å². The molecule has 3 heteroatoms. The minimum atomic E-state index is 0.821. The Morgan fingerprint density at radius 2 is 2.60 bits per heavy atom. The van der Waals surface area contributed by atoms with Crippen molar-refractivity contribution in [1.82, 2.24) is 9.78 Å². The number of aryl methyl sites for hydroxylation is 1. The van der Waals surface area contributed by atoms with Crippen LogP contribution in [0.3, 0.4) is 0 Å². The zero-order valence-electron chi connectivity index (χ0n) is 5.63. The lowest BCUT2D eigenvalue weighted by molar-refractivity contribution is 0.503. The summed E-state index contributed by atoms with van der Waals surface area (Å²) in [5, 5.41) is 4.20. The number of alkyl halides is 1. The maximum absolute atomic E-state index is 4.20. The second-order valence-corrected chi connectivity index (χ2v) is 4.40. The van der Waals surface area contributed by atoms with Crippen molar-refractivity contribution in [2.75, 3.05) is 0 Å². The van der Waals surface area contributed by atoms with E-state index in [1.165, 1.54) is 18.5 Å². The fourth-order valence-corrected chi connectivity index (χ4v) is 2.06. The van der Waals surface area contributed by atoms with Gasteiger partial charge >= 0.3 is 0 Å². The summed E-state index contributed by atoms with van der Waals surface area (Å²) in [6.07, 6.45) is 4.36. The maximum atomic E-state index is 4.20. The number of nitrogens with zero attached hydrogens (tertiary/aromatic N) is 2. The molecule has 10 heavy (non-hydrogen) atoms. The molecule has 1 aliphatic heterocycles. The molecular formula is C7H9IN2. The average Bonchev–Trinajstić information content (AvgIpc) is 2.33. The zero-order valence-corrected chi connectivity index (χ0v) is 7.78. The van der Waals surface area contributed by atoms with E-state index >= 15 is 0 Å². The van der Waals surface area contributed by atoms with Crippen LogP contribution in [0.2, 0.25) is 0 Å². The lowest BCUT2D eigenvalue weighted by Crippen LogP contribution is -2.18. The van der Waals surface area contributed by atoms with Gasteiger partial charge in [-0.05, 0) is 12.5 Å². The third-order valence-electron chi connectivity index (χ3n) is 1.89. The summed E-state index contributed by atoms with van der Waals surface area (Å²) in [4.78, 5) is 0. The molecule has 0 N–H and O–H groups in total. The first-order valence-corrected chi connectivity index (χ1v) is 4.75. The number of aromatic nitrogens is 2. The van der Waals surface area contributed by atoms with Gasteiger partial charge in [0.05, 0.1) is 0 Å². The van der Waals surface area contributed by atoms with Crippen molar-refractivity contribution in [3.05, 3.63) is 18.0 Å². The summed E-state index contributed by atoms with van der Waals surface area (Å²) >= 11 is 2.51. The molecule has 0 aromatic carbocycles. The number of fused-ring (bicyclic) bond motifs is 1. The van der Waals surface area contributed by atoms with Crippen LogP contribution in [-0.4, -0.2) is 13.7 Å². The van der Waals surface area contributed by atoms with Gasteiger partial charge in [0, 0.05) is 28.8 Å². The standard InChI is InChI=1S/C7H9IN2/c8-6-2-4-10-7(5-6)1-3-9-10/h1,3,6H,2,4-5H2. The van der Waals surface area contributed by atoms with Gasteiger partial charge in [-0.25, -0.2) is 0 Å². The molecule has 2 nitrogen and oxygen atoms in total. The molecule has 0 bridgehead atoms. The largest absolute Gasteiger partial charge is 0.270 e. The fourth-order valence-electron chi connectivity index (χ4n) is 1.33. The van der Waals surface area contributed by atoms with Crippen LogP contribution in [0.4, 0.5) is 0 Å². The Morgan fingerprint density at radius 1 is 1.70 bits per heavy atom. The summed E-state index contributed by atoms with van der Waals surface area (Å²) in [5.74, 6) is 0. The minimum Gasteiger partial charge on any atom is -0.270 e. The Hall–Kier alpha value is -0.0600. The van der Waals surface area contributed by atoms with Crippen LogP contribution in [0.15, 0.2) is 12.3 Å². The van der Waals surface area contributed by atoms with E-state index in [4.69, 9.17) is 0 Å². The van der Waals surface area contributed by atoms with Crippen LogP contribution in [0, 0.1) is 0 Å². The van der Waals surface area contributed by atoms with Crippen molar-refractivity contribution in [3.63, 3.8) is 0 Å². The summed E-state index contributed by atoms with van der Waals surface area (Å²) in [7, 11) is 0. The first kappa shape index (κ1) is 6.64. The third-order valence-corrected chi connectivity index (χ3v) is 2.95. The molecule has 2 heterocycles. The molecule has 0 saturated carbocycles. The van der Waals surface area contributed by atoms with Crippen molar-refractivity contribution in [2.24, 2.45) is 0 Å². The molecule has 1 unspecified atom stereocenters. The monoisotopic (exact) mass is 248 g/mol. The average molecular weight is 248 g/mol. The molecule has 2 rings (SSSR count). The molecule has 1 atom stereocenters. The molecule has 0 radical (unpaired) electrons. The number of halogens is 1. The second kappa shape index (κ2) is 2.53. The van der Waals surface area contributed by atoms with Gasteiger partial charge in [0.1, 0.15) is 0 Å². The second-order valence-electron chi connectivity index (χ2n) is 2.64. The van der Waals surface area contributed by atoms with E-state index in [0.29, 0.717) is 0 Å². The maximum Gasteiger partial charge on any atom is 0.0492 e. The zero-order chi connectivity index (χ0) is 6.97. The van der Waals surface area contributed by atoms with Gasteiger partial charge in [0.25, 0.3) is 0 Å². The highest BCUT2D eigenvalue weighted by molar-refractivity contribution is 14.1. The molecule has 0 saturated heterocycles. The lowest BCUT2D eigenvalue weighted by atomic mass is 10.1. The van der Waals surface area contributed by atoms with Crippen LogP contribution >= 0.6 is 22.6 Å². The van der Waals surface area contributed by atoms with Crippen LogP contribution in [0.25, 0.3) is 0 Å². The Morgan fingerprint density at radius 3 is 3.50 bits per heavy atom. The van der Waals surface area contributed by atoms with E-state index < -0.39 is 0 Å². The summed E-state index contributed by atoms with van der Waals surface area (Å²) < 4.78 is 2.93. The fraction of sp³-hybridized carbons (Fsp3) is 0.571. The molecule has 54 valence electrons. The van der Waals surface area contributed by atoms with Crippen LogP contribution in [0.1, 0.15) is 12.1 Å². The Balaban J connectivity index is 2.30. The van der Waals surface area contributed by atoms with E-state index in [0.717, 1.165) is 10.5 Å². The number of hydrogen-bond donors (Lipinski definition) is 0. The minimum absolute atomic E-state index is 0.821. The van der Waals surface area contributed by atoms with Gasteiger partial charge in [-0.1, -0.05) is 22.6 Å². The van der Waals surface area contributed by atoms with E-state index in [-0.39, 0.29) is 0 Å². The van der Waals surface area contributed by atoms with E-state index in [1.54, 1.807) is 0 Å². The highest BCUT2D eigenvalue weighted by Crippen LogP contribution is 2.19. The molecule has 1 aromatic rings. The van der Waals surface area contributed by atoms with Crippen LogP contribution < -0.4 is 0 Å². The van der Waals surface area contributed by atoms with Gasteiger partial charge in [-0.15, -0.1) is 0 Å². The predicted molar refractivity (Wildman–Crippen MR) is 48.4 cm³/mol. The lowest BCUT2D eigenvalue weighted by Gasteiger charge is -2.17. The van der Waals surface area contributed by atoms with Gasteiger partial charge in [-0.3, -0.25) is 4.68 Å². The van der Waals surface area contributed by atoms with Gasteiger partial charge in [0.15, 0.2) is 0 Å². The topological polar surface area (TPSA) is 17.8 Å². The van der Waals surface area contributed by atoms with Crippen molar-refractivity contribution in [3.8, 4) is 0 Å². The summed E-state index contributed by atoms with van der Waals surface area (Å²) in [5.41, 5.74) is 1.39. The van der Waals surface area contributed by atoms with Gasteiger partial charge < -0.3 is 0 Å². The summed E-state index contributed by atoms with van der Waals surface area (Å²) in [6, 6.07) is 2.12. The molecule has 1 aliphatic rings. The van der Waals surface area contributed by atoms with Crippen molar-refractivity contribution in [2.45, 2.75) is 23.3 Å². The normalized spacial score (nSPS) is 24.3. The molecule has 0 aliphatic carbocycles. The number of hydrogen-bond acceptors (Lipinski definition) is 1. The quantitative estimate of drug-likeness (QED) is 0.504. The van der Waals surface area contributed by atoms with Gasteiger partial charge in [-0.2, -0.15) is 5.10 Å². The highest BCUT2D eigenvalue weighted by Gasteiger charge is 2.15. The van der Waals surface area contributed by atoms with Crippen molar-refractivity contribution >= 4 is 22.6 Å². The Labute approximate surface area is 73.8 Å². The van der Waals surface area contributed by atoms with Gasteiger partial charge in [0.2, 0.25) is 0 Å². The Kier molecular flexibility index (Phi) is 1.68. The molecule has 0 spiro atoms. The first-order chi connectivity index (χ1) is 4.86. The molecular weight excluding hydrogens is 239 g/mol. The van der Waals surface area contributed by atoms with Crippen molar-refractivity contribution in [1.29, 1.82) is 0 Å². The van der Waals surface area contributed by atoms with E-state index in [2.05, 4.69) is 38.4 Å². The van der Waals surface area contributed by atoms with Crippen LogP contribution in [-0.2, 0) is 13.0 Å². The third kappa shape index (κ3) is 1.07. The van der Waals surface area contributed by atoms with E-state index in [1.807, 2.05) is 6.20 Å². The first-order valence-electron chi connectivity index (χ1n) is 3.51. The van der Waals surface area contributed by atoms with E-state index in [9.17, 15) is 0 Å². The predicted octanol–water partition coefficient (Wildman–Crippen LogP) is 1.63. The van der Waals surface area contributed by atoms with Crippen molar-refractivity contribution < 1.29 is 0 Å². The molecule has 0 fully saturated rings.